The lowest BCUT2D eigenvalue weighted by Crippen LogP contribution is -2.37. The molecule has 1 aliphatic carbocycles. The van der Waals surface area contributed by atoms with E-state index in [1.165, 1.54) is 6.33 Å². The van der Waals surface area contributed by atoms with Crippen LogP contribution in [0.4, 0.5) is 5.82 Å². The first kappa shape index (κ1) is 23.2. The van der Waals surface area contributed by atoms with E-state index in [2.05, 4.69) is 21.3 Å². The van der Waals surface area contributed by atoms with Crippen LogP contribution in [0.2, 0.25) is 0 Å². The lowest BCUT2D eigenvalue weighted by molar-refractivity contribution is 0.276. The molecule has 0 bridgehead atoms. The van der Waals surface area contributed by atoms with Gasteiger partial charge in [-0.3, -0.25) is 4.99 Å². The highest BCUT2D eigenvalue weighted by molar-refractivity contribution is 7.92. The van der Waals surface area contributed by atoms with Crippen LogP contribution in [0.25, 0.3) is 0 Å². The van der Waals surface area contributed by atoms with Crippen molar-refractivity contribution in [3.63, 3.8) is 0 Å². The molecule has 1 aromatic heterocycles. The fraction of sp³-hybridized carbons (Fsp3) is 0.269. The van der Waals surface area contributed by atoms with Crippen molar-refractivity contribution >= 4 is 21.6 Å². The fourth-order valence-electron chi connectivity index (χ4n) is 4.83. The zero-order chi connectivity index (χ0) is 24.4. The molecule has 1 atom stereocenters. The Morgan fingerprint density at radius 3 is 2.34 bits per heavy atom. The van der Waals surface area contributed by atoms with Crippen LogP contribution in [0.15, 0.2) is 77.9 Å². The van der Waals surface area contributed by atoms with E-state index in [9.17, 15) is 8.42 Å². The second kappa shape index (κ2) is 9.59. The van der Waals surface area contributed by atoms with E-state index in [0.29, 0.717) is 5.82 Å². The molecule has 0 radical (unpaired) electrons. The van der Waals surface area contributed by atoms with Crippen LogP contribution in [0, 0.1) is 5.92 Å². The number of aliphatic imine (C=N–C) groups is 1. The van der Waals surface area contributed by atoms with Crippen molar-refractivity contribution in [1.29, 1.82) is 0 Å². The van der Waals surface area contributed by atoms with Crippen LogP contribution in [-0.4, -0.2) is 30.1 Å². The molecule has 2 aromatic carbocycles. The summed E-state index contributed by atoms with van der Waals surface area (Å²) in [6.45, 7) is 3.37. The largest absolute Gasteiger partial charge is 0.457 e. The van der Waals surface area contributed by atoms with Crippen LogP contribution in [0.1, 0.15) is 48.5 Å². The highest BCUT2D eigenvalue weighted by atomic mass is 32.2. The first-order valence-corrected chi connectivity index (χ1v) is 13.1. The zero-order valence-corrected chi connectivity index (χ0v) is 20.0. The molecular formula is C26H27N5O3S. The Morgan fingerprint density at radius 1 is 0.971 bits per heavy atom. The van der Waals surface area contributed by atoms with E-state index in [4.69, 9.17) is 15.5 Å². The molecule has 0 amide bonds. The molecule has 2 aliphatic rings. The Bertz CT molecular complexity index is 1350. The molecular weight excluding hydrogens is 462 g/mol. The van der Waals surface area contributed by atoms with Gasteiger partial charge >= 0.3 is 0 Å². The quantitative estimate of drug-likeness (QED) is 0.509. The average molecular weight is 490 g/mol. The Morgan fingerprint density at radius 2 is 1.66 bits per heavy atom. The van der Waals surface area contributed by atoms with E-state index in [-0.39, 0.29) is 18.0 Å². The van der Waals surface area contributed by atoms with Crippen LogP contribution >= 0.6 is 0 Å². The van der Waals surface area contributed by atoms with Gasteiger partial charge in [0.2, 0.25) is 10.0 Å². The van der Waals surface area contributed by atoms with E-state index < -0.39 is 10.0 Å². The summed E-state index contributed by atoms with van der Waals surface area (Å²) in [7, 11) is -3.44. The maximum atomic E-state index is 11.8. The van der Waals surface area contributed by atoms with Gasteiger partial charge in [-0.25, -0.2) is 23.1 Å². The second-order valence-electron chi connectivity index (χ2n) is 8.82. The van der Waals surface area contributed by atoms with Crippen molar-refractivity contribution in [2.45, 2.75) is 37.8 Å². The summed E-state index contributed by atoms with van der Waals surface area (Å²) in [5.41, 5.74) is 9.61. The van der Waals surface area contributed by atoms with Gasteiger partial charge in [0.25, 0.3) is 0 Å². The Kier molecular flexibility index (Phi) is 6.36. The number of benzene rings is 2. The molecule has 2 heterocycles. The van der Waals surface area contributed by atoms with Crippen molar-refractivity contribution in [1.82, 2.24) is 14.7 Å². The normalized spacial score (nSPS) is 21.7. The van der Waals surface area contributed by atoms with Crippen molar-refractivity contribution in [2.75, 3.05) is 5.73 Å². The van der Waals surface area contributed by atoms with E-state index >= 15 is 0 Å². The molecule has 5 rings (SSSR count). The molecule has 0 spiro atoms. The summed E-state index contributed by atoms with van der Waals surface area (Å²) < 4.78 is 32.3. The fourth-order valence-corrected chi connectivity index (χ4v) is 5.63. The Hall–Kier alpha value is -3.56. The van der Waals surface area contributed by atoms with Crippen molar-refractivity contribution < 1.29 is 13.2 Å². The van der Waals surface area contributed by atoms with Gasteiger partial charge in [-0.1, -0.05) is 24.8 Å². The van der Waals surface area contributed by atoms with Gasteiger partial charge in [-0.15, -0.1) is 0 Å². The van der Waals surface area contributed by atoms with E-state index in [1.54, 1.807) is 0 Å². The van der Waals surface area contributed by atoms with E-state index in [0.717, 1.165) is 65.1 Å². The van der Waals surface area contributed by atoms with E-state index in [1.807, 2.05) is 54.6 Å². The molecule has 180 valence electrons. The number of para-hydroxylation sites is 1. The number of nitrogens with two attached hydrogens (primary N) is 1. The molecule has 1 saturated carbocycles. The standard InChI is InChI=1S/C26H27N5O3S/c1-2-35(32,33)31-19-12-8-18(9-13-19)24-25-22(26(27)29-16-28-25)23(30-24)17-10-14-21(15-11-17)34-20-6-4-3-5-7-20/h2-7,10-11,14-16,18-19,24,31H,1,8-9,12-13H2,(H2,27,28,29)/t18-,19+,24?. The number of aromatic nitrogens is 2. The second-order valence-corrected chi connectivity index (χ2v) is 10.5. The van der Waals surface area contributed by atoms with Gasteiger partial charge in [-0.05, 0) is 68.0 Å². The number of nitrogens with zero attached hydrogens (tertiary/aromatic N) is 3. The first-order chi connectivity index (χ1) is 16.9. The zero-order valence-electron chi connectivity index (χ0n) is 19.2. The van der Waals surface area contributed by atoms with Crippen LogP contribution < -0.4 is 15.2 Å². The summed E-state index contributed by atoms with van der Waals surface area (Å²) in [5.74, 6) is 2.15. The molecule has 1 fully saturated rings. The maximum Gasteiger partial charge on any atom is 0.233 e. The molecule has 1 unspecified atom stereocenters. The lowest BCUT2D eigenvalue weighted by atomic mass is 9.81. The highest BCUT2D eigenvalue weighted by Crippen LogP contribution is 2.43. The third-order valence-corrected chi connectivity index (χ3v) is 7.67. The van der Waals surface area contributed by atoms with Gasteiger partial charge in [-0.2, -0.15) is 0 Å². The van der Waals surface area contributed by atoms with Gasteiger partial charge in [0.05, 0.1) is 23.0 Å². The number of ether oxygens (including phenoxy) is 1. The predicted octanol–water partition coefficient (Wildman–Crippen LogP) is 4.36. The number of nitrogens with one attached hydrogen (secondary N) is 1. The lowest BCUT2D eigenvalue weighted by Gasteiger charge is -2.31. The third-order valence-electron chi connectivity index (χ3n) is 6.57. The molecule has 3 aromatic rings. The molecule has 9 heteroatoms. The van der Waals surface area contributed by atoms with Crippen molar-refractivity contribution in [3.8, 4) is 11.5 Å². The number of hydrogen-bond acceptors (Lipinski definition) is 7. The van der Waals surface area contributed by atoms with Crippen LogP contribution in [0.3, 0.4) is 0 Å². The monoisotopic (exact) mass is 489 g/mol. The predicted molar refractivity (Wildman–Crippen MR) is 136 cm³/mol. The summed E-state index contributed by atoms with van der Waals surface area (Å²) in [4.78, 5) is 13.9. The maximum absolute atomic E-state index is 11.8. The number of fused-ring (bicyclic) bond motifs is 1. The summed E-state index contributed by atoms with van der Waals surface area (Å²) in [5, 5.41) is 0.957. The summed E-state index contributed by atoms with van der Waals surface area (Å²) >= 11 is 0. The Labute approximate surface area is 205 Å². The number of sulfonamides is 1. The summed E-state index contributed by atoms with van der Waals surface area (Å²) in [6, 6.07) is 17.2. The van der Waals surface area contributed by atoms with Crippen LogP contribution in [-0.2, 0) is 10.0 Å². The number of nitrogen functional groups attached to an aromatic ring is 1. The molecule has 8 nitrogen and oxygen atoms in total. The van der Waals surface area contributed by atoms with Gasteiger partial charge < -0.3 is 10.5 Å². The van der Waals surface area contributed by atoms with Gasteiger partial charge in [0, 0.05) is 17.0 Å². The minimum absolute atomic E-state index is 0.0915. The minimum atomic E-state index is -3.44. The SMILES string of the molecule is C=CS(=O)(=O)N[C@H]1CC[C@@H](C2N=C(c3ccc(Oc4ccccc4)cc3)c3c(N)ncnc32)CC1. The van der Waals surface area contributed by atoms with Crippen molar-refractivity contribution in [2.24, 2.45) is 10.9 Å². The van der Waals surface area contributed by atoms with Crippen molar-refractivity contribution in [3.05, 3.63) is 89.7 Å². The molecule has 3 N–H and O–H groups in total. The topological polar surface area (TPSA) is 120 Å². The van der Waals surface area contributed by atoms with Crippen LogP contribution in [0.5, 0.6) is 11.5 Å². The minimum Gasteiger partial charge on any atom is -0.457 e. The molecule has 0 saturated heterocycles. The highest BCUT2D eigenvalue weighted by Gasteiger charge is 2.37. The van der Waals surface area contributed by atoms with Gasteiger partial charge in [0.15, 0.2) is 0 Å². The smallest absolute Gasteiger partial charge is 0.233 e. The number of hydrogen-bond donors (Lipinski definition) is 2. The average Bonchev–Trinajstić information content (AvgIpc) is 3.26. The third kappa shape index (κ3) is 4.96. The number of rotatable bonds is 7. The van der Waals surface area contributed by atoms with Gasteiger partial charge in [0.1, 0.15) is 23.6 Å². The Balaban J connectivity index is 1.37. The molecule has 35 heavy (non-hydrogen) atoms. The molecule has 1 aliphatic heterocycles. The number of anilines is 1. The summed E-state index contributed by atoms with van der Waals surface area (Å²) in [6.07, 6.45) is 4.62. The first-order valence-electron chi connectivity index (χ1n) is 11.6.